The molecule has 0 aliphatic heterocycles. The van der Waals surface area contributed by atoms with Crippen LogP contribution < -0.4 is 0 Å². The van der Waals surface area contributed by atoms with Crippen molar-refractivity contribution in [1.29, 1.82) is 0 Å². The highest BCUT2D eigenvalue weighted by Gasteiger charge is 2.38. The van der Waals surface area contributed by atoms with Gasteiger partial charge >= 0.3 is 0 Å². The van der Waals surface area contributed by atoms with Crippen LogP contribution in [0.2, 0.25) is 0 Å². The van der Waals surface area contributed by atoms with Crippen molar-refractivity contribution < 1.29 is 88.3 Å². The smallest absolute Gasteiger partial charge is 0.136 e. The molecule has 0 saturated heterocycles. The lowest BCUT2D eigenvalue weighted by Gasteiger charge is -2.25. The highest BCUT2D eigenvalue weighted by atomic mass is 16.3. The largest absolute Gasteiger partial charge is 0.456 e. The Morgan fingerprint density at radius 1 is 0.240 bits per heavy atom. The topological polar surface area (TPSA) is 26.3 Å². The van der Waals surface area contributed by atoms with E-state index in [2.05, 4.69) is 0 Å². The number of para-hydroxylation sites is 2. The van der Waals surface area contributed by atoms with Gasteiger partial charge < -0.3 is 8.83 Å². The van der Waals surface area contributed by atoms with Crippen LogP contribution in [0.1, 0.15) is 129 Å². The van der Waals surface area contributed by atoms with E-state index in [4.69, 9.17) is 60.9 Å². The minimum atomic E-state index is -3.46. The molecule has 0 spiro atoms. The van der Waals surface area contributed by atoms with E-state index in [-0.39, 0.29) is 0 Å². The average Bonchev–Trinajstić information content (AvgIpc) is 1.48. The SMILES string of the molecule is [2H]c1c([2H])c(-c2c([2H])c([2H])c([2H])c3c2C(C)(C([2H])([2H])[2H])c2c([2H])c([2H])c([2H])c([2H])c2-3)c([2H])c(-c2c3c([2H])c([2H])c([2H])c([2H])c3c(-c3c([2H])c([2H])c([2H])c4oc5c([2H])c([2H])c([2H])c([2H])c5c34)c3c([2H])c([2H])c([2H])c([2H])c23)c1[2H].[2H]c1c([2H])c([2H])c(-c2c([2H])c([2H])c3c(c2[2H])C(C)(C([2H])([2H])[2H])c2c([2H])c(-c4c5c([2H])c([2H])c([2H])c([2H])c5c(-c5c([2H])c([2H])c([2H])c6oc7c([2H])c([2H])c([2H])c([2H])c7c56)c5c([2H])c([2H])c([2H])c([2H])c45)c([2H])c([2H])c2-3)c([2H])c1[2H]. The lowest BCUT2D eigenvalue weighted by Crippen LogP contribution is -2.16. The first kappa shape index (κ1) is 22.7. The standard InChI is InChI=1S/2C47H32O/c1-47(2)40-25-9-7-16-32(40)37-23-12-22-31(46(37)47)29-14-11-15-30(28-29)43-33-17-3-5-19-35(33)44(36-20-6-4-18-34(36)43)39-24-13-27-42-45(39)38-21-8-10-26-41(38)48-42;1-47(2)40-27-30(29-13-4-3-5-14-29)23-25-32(40)33-26-24-31(28-41(33)47)44-34-15-6-8-17-36(34)45(37-18-9-7-16-35(37)44)39-20-12-22-43-46(39)38-19-10-11-21-42(38)48-43/h2*3-28H,1-2H3/i2*1D3,3D,4D,5D,6D,7D,8D,9D,10D,11D,12D,13D,14D,15D,16D,17D,18D,19D,20D,21D,22D,23D,24D,25D,26D,27D,28D. The van der Waals surface area contributed by atoms with Gasteiger partial charge in [0.2, 0.25) is 0 Å². The predicted octanol–water partition coefficient (Wildman–Crippen LogP) is 26.4. The summed E-state index contributed by atoms with van der Waals surface area (Å²) in [7, 11) is 0. The predicted molar refractivity (Wildman–Crippen MR) is 405 cm³/mol. The van der Waals surface area contributed by atoms with Gasteiger partial charge in [0, 0.05) is 40.6 Å². The van der Waals surface area contributed by atoms with Crippen molar-refractivity contribution in [2.24, 2.45) is 0 Å². The number of furan rings is 2. The molecule has 0 fully saturated rings. The van der Waals surface area contributed by atoms with Crippen LogP contribution in [0.4, 0.5) is 0 Å². The van der Waals surface area contributed by atoms with Crippen LogP contribution in [0.25, 0.3) is 176 Å². The second-order valence-electron chi connectivity index (χ2n) is 22.3. The Labute approximate surface area is 639 Å². The zero-order valence-electron chi connectivity index (χ0n) is 107. The van der Waals surface area contributed by atoms with Gasteiger partial charge in [-0.25, -0.2) is 0 Å². The fourth-order valence-electron chi connectivity index (χ4n) is 12.9. The fourth-order valence-corrected chi connectivity index (χ4v) is 12.9. The summed E-state index contributed by atoms with van der Waals surface area (Å²) in [5.74, 6) is 0. The highest BCUT2D eigenvalue weighted by Crippen LogP contribution is 2.56. The van der Waals surface area contributed by atoms with Gasteiger partial charge in [-0.2, -0.15) is 0 Å². The monoisotopic (exact) mass is 1280 g/mol. The van der Waals surface area contributed by atoms with E-state index >= 15 is 0 Å². The summed E-state index contributed by atoms with van der Waals surface area (Å²) in [5.41, 5.74) is -22.6. The fraction of sp³-hybridized carbons (Fsp3) is 0.0638. The van der Waals surface area contributed by atoms with E-state index < -0.39 is 537 Å². The van der Waals surface area contributed by atoms with Gasteiger partial charge in [0.05, 0.1) is 71.3 Å². The van der Waals surface area contributed by atoms with Crippen LogP contribution in [0.3, 0.4) is 0 Å². The van der Waals surface area contributed by atoms with Crippen molar-refractivity contribution in [3.63, 3.8) is 0 Å². The van der Waals surface area contributed by atoms with Gasteiger partial charge in [0.25, 0.3) is 0 Å². The summed E-state index contributed by atoms with van der Waals surface area (Å²) in [6.07, 6.45) is 0. The molecule has 452 valence electrons. The molecular formula is C94H64O2. The highest BCUT2D eigenvalue weighted by molar-refractivity contribution is 6.27. The molecule has 2 heterocycles. The second-order valence-corrected chi connectivity index (χ2v) is 22.3. The molecule has 96 heavy (non-hydrogen) atoms. The van der Waals surface area contributed by atoms with Crippen molar-refractivity contribution in [3.05, 3.63) is 336 Å². The van der Waals surface area contributed by atoms with Gasteiger partial charge in [0.1, 0.15) is 22.3 Å². The van der Waals surface area contributed by atoms with Crippen LogP contribution in [0.15, 0.2) is 323 Å². The Morgan fingerprint density at radius 3 is 1.12 bits per heavy atom. The van der Waals surface area contributed by atoms with Crippen molar-refractivity contribution in [3.8, 4) is 89.0 Å². The second kappa shape index (κ2) is 21.3. The maximum Gasteiger partial charge on any atom is 0.136 e. The van der Waals surface area contributed by atoms with Crippen LogP contribution >= 0.6 is 0 Å². The average molecular weight is 1280 g/mol. The molecular weight excluding hydrogens is 1160 g/mol. The number of fused-ring (bicyclic) bond motifs is 16. The molecule has 2 aliphatic rings. The third kappa shape index (κ3) is 8.31. The summed E-state index contributed by atoms with van der Waals surface area (Å²) < 4.78 is 538. The first-order valence-corrected chi connectivity index (χ1v) is 28.8. The lowest BCUT2D eigenvalue weighted by molar-refractivity contribution is 0.661. The first-order chi connectivity index (χ1) is 71.3. The molecule has 0 radical (unpaired) electrons. The molecule has 0 saturated carbocycles. The van der Waals surface area contributed by atoms with Crippen molar-refractivity contribution >= 4 is 87.0 Å². The van der Waals surface area contributed by atoms with Crippen molar-refractivity contribution in [2.75, 3.05) is 0 Å². The van der Waals surface area contributed by atoms with Crippen molar-refractivity contribution in [1.82, 2.24) is 0 Å². The van der Waals surface area contributed by atoms with E-state index in [1.807, 2.05) is 0 Å². The minimum absolute atomic E-state index is 0.494. The Morgan fingerprint density at radius 2 is 0.594 bits per heavy atom. The van der Waals surface area contributed by atoms with E-state index in [0.717, 1.165) is 13.8 Å². The number of rotatable bonds is 6. The van der Waals surface area contributed by atoms with Crippen LogP contribution in [-0.4, -0.2) is 0 Å². The molecule has 2 heteroatoms. The molecule has 2 aliphatic carbocycles. The normalized spacial score (nSPS) is 24.1. The van der Waals surface area contributed by atoms with Crippen molar-refractivity contribution in [2.45, 2.75) is 38.4 Å². The lowest BCUT2D eigenvalue weighted by atomic mass is 9.78. The Balaban J connectivity index is 0.000000192. The Bertz CT molecular complexity index is 9600. The molecule has 0 amide bonds. The van der Waals surface area contributed by atoms with Gasteiger partial charge in [0.15, 0.2) is 0 Å². The molecule has 18 aromatic rings. The maximum absolute atomic E-state index is 10.1. The quantitative estimate of drug-likeness (QED) is 0.155. The Kier molecular flexibility index (Phi) is 5.05. The zero-order chi connectivity index (χ0) is 114. The minimum Gasteiger partial charge on any atom is -0.456 e. The van der Waals surface area contributed by atoms with Crippen LogP contribution in [0.5, 0.6) is 0 Å². The molecule has 0 bridgehead atoms. The third-order valence-corrected chi connectivity index (χ3v) is 17.0. The van der Waals surface area contributed by atoms with Gasteiger partial charge in [-0.1, -0.05) is 299 Å². The van der Waals surface area contributed by atoms with Gasteiger partial charge in [-0.3, -0.25) is 0 Å². The third-order valence-electron chi connectivity index (χ3n) is 17.0. The van der Waals surface area contributed by atoms with Gasteiger partial charge in [-0.05, 0) is 197 Å². The molecule has 2 aromatic heterocycles. The molecule has 20 rings (SSSR count). The van der Waals surface area contributed by atoms with Crippen LogP contribution in [-0.2, 0) is 10.8 Å². The zero-order valence-corrected chi connectivity index (χ0v) is 48.8. The first-order valence-electron chi connectivity index (χ1n) is 57.8. The van der Waals surface area contributed by atoms with E-state index in [9.17, 15) is 27.4 Å². The molecule has 0 N–H and O–H groups in total. The number of benzene rings is 16. The molecule has 2 atom stereocenters. The molecule has 16 aromatic carbocycles. The summed E-state index contributed by atoms with van der Waals surface area (Å²) in [4.78, 5) is 0. The summed E-state index contributed by atoms with van der Waals surface area (Å²) in [5, 5.41) is -8.23. The molecule has 2 nitrogen and oxygen atoms in total. The number of hydrogen-bond donors (Lipinski definition) is 0. The summed E-state index contributed by atoms with van der Waals surface area (Å²) in [6, 6.07) is -49.9. The molecule has 2 unspecified atom stereocenters. The summed E-state index contributed by atoms with van der Waals surface area (Å²) in [6.45, 7) is -4.84. The van der Waals surface area contributed by atoms with E-state index in [0.29, 0.717) is 0 Å². The summed E-state index contributed by atoms with van der Waals surface area (Å²) >= 11 is 0. The van der Waals surface area contributed by atoms with Gasteiger partial charge in [-0.15, -0.1) is 0 Å². The van der Waals surface area contributed by atoms with E-state index in [1.165, 1.54) is 0 Å². The number of hydrogen-bond acceptors (Lipinski definition) is 2. The maximum atomic E-state index is 10.1. The van der Waals surface area contributed by atoms with Crippen LogP contribution in [0, 0.1) is 0 Å². The van der Waals surface area contributed by atoms with E-state index in [1.54, 1.807) is 0 Å². The Hall–Kier alpha value is -11.8.